The first-order valence-corrected chi connectivity index (χ1v) is 8.61. The van der Waals surface area contributed by atoms with Crippen LogP contribution < -0.4 is 16.0 Å². The van der Waals surface area contributed by atoms with Crippen molar-refractivity contribution in [3.63, 3.8) is 0 Å². The van der Waals surface area contributed by atoms with E-state index in [1.165, 1.54) is 6.07 Å². The third-order valence-electron chi connectivity index (χ3n) is 4.18. The molecule has 0 saturated heterocycles. The van der Waals surface area contributed by atoms with Gasteiger partial charge in [0.05, 0.1) is 5.41 Å². The van der Waals surface area contributed by atoms with Crippen LogP contribution in [0.15, 0.2) is 29.3 Å². The fourth-order valence-electron chi connectivity index (χ4n) is 2.32. The van der Waals surface area contributed by atoms with Gasteiger partial charge in [0.1, 0.15) is 5.82 Å². The smallest absolute Gasteiger partial charge is 0.227 e. The molecule has 0 aromatic heterocycles. The molecule has 0 aliphatic rings. The monoisotopic (exact) mass is 350 g/mol. The van der Waals surface area contributed by atoms with Gasteiger partial charge in [0.15, 0.2) is 5.96 Å². The molecule has 1 amide bonds. The van der Waals surface area contributed by atoms with Gasteiger partial charge in [-0.3, -0.25) is 9.79 Å². The standard InChI is InChI=1S/C19H31FN4O/c1-7-22-16(25)19(4,5)13-24-17(21-6)23-12-18(2,3)14-9-8-10-15(20)11-14/h8-11H,7,12-13H2,1-6H3,(H,22,25)(H2,21,23,24). The number of nitrogens with zero attached hydrogens (tertiary/aromatic N) is 1. The highest BCUT2D eigenvalue weighted by Gasteiger charge is 2.27. The van der Waals surface area contributed by atoms with Crippen molar-refractivity contribution in [3.8, 4) is 0 Å². The number of halogens is 1. The predicted molar refractivity (Wildman–Crippen MR) is 101 cm³/mol. The van der Waals surface area contributed by atoms with E-state index >= 15 is 0 Å². The van der Waals surface area contributed by atoms with Crippen molar-refractivity contribution in [2.75, 3.05) is 26.7 Å². The molecule has 0 spiro atoms. The molecule has 0 saturated carbocycles. The largest absolute Gasteiger partial charge is 0.356 e. The molecule has 0 bridgehead atoms. The number of aliphatic imine (C=N–C) groups is 1. The summed E-state index contributed by atoms with van der Waals surface area (Å²) in [5.74, 6) is 0.372. The Labute approximate surface area is 150 Å². The van der Waals surface area contributed by atoms with Crippen LogP contribution in [0.1, 0.15) is 40.2 Å². The number of hydrogen-bond acceptors (Lipinski definition) is 2. The maximum Gasteiger partial charge on any atom is 0.227 e. The van der Waals surface area contributed by atoms with Gasteiger partial charge in [-0.1, -0.05) is 26.0 Å². The van der Waals surface area contributed by atoms with Crippen LogP contribution in [-0.2, 0) is 10.2 Å². The molecular formula is C19H31FN4O. The first-order chi connectivity index (χ1) is 11.6. The highest BCUT2D eigenvalue weighted by Crippen LogP contribution is 2.22. The van der Waals surface area contributed by atoms with E-state index in [9.17, 15) is 9.18 Å². The van der Waals surface area contributed by atoms with E-state index in [0.29, 0.717) is 25.6 Å². The van der Waals surface area contributed by atoms with Gasteiger partial charge < -0.3 is 16.0 Å². The van der Waals surface area contributed by atoms with Gasteiger partial charge in [0.25, 0.3) is 0 Å². The zero-order valence-corrected chi connectivity index (χ0v) is 16.2. The number of guanidine groups is 1. The van der Waals surface area contributed by atoms with Gasteiger partial charge >= 0.3 is 0 Å². The molecule has 1 aromatic rings. The average molecular weight is 350 g/mol. The molecule has 0 radical (unpaired) electrons. The lowest BCUT2D eigenvalue weighted by Crippen LogP contribution is -2.49. The summed E-state index contributed by atoms with van der Waals surface area (Å²) >= 11 is 0. The lowest BCUT2D eigenvalue weighted by atomic mass is 9.84. The van der Waals surface area contributed by atoms with Crippen LogP contribution in [0.4, 0.5) is 4.39 Å². The second-order valence-electron chi connectivity index (χ2n) is 7.42. The summed E-state index contributed by atoms with van der Waals surface area (Å²) in [6.07, 6.45) is 0. The predicted octanol–water partition coefficient (Wildman–Crippen LogP) is 2.43. The molecule has 25 heavy (non-hydrogen) atoms. The number of carbonyl (C=O) groups excluding carboxylic acids is 1. The Morgan fingerprint density at radius 2 is 1.76 bits per heavy atom. The fraction of sp³-hybridized carbons (Fsp3) is 0.579. The van der Waals surface area contributed by atoms with Crippen LogP contribution in [0.5, 0.6) is 0 Å². The normalized spacial score (nSPS) is 12.7. The molecular weight excluding hydrogens is 319 g/mol. The van der Waals surface area contributed by atoms with Crippen LogP contribution in [-0.4, -0.2) is 38.5 Å². The highest BCUT2D eigenvalue weighted by atomic mass is 19.1. The van der Waals surface area contributed by atoms with Gasteiger partial charge in [0.2, 0.25) is 5.91 Å². The SMILES string of the molecule is CCNC(=O)C(C)(C)CNC(=NC)NCC(C)(C)c1cccc(F)c1. The zero-order valence-electron chi connectivity index (χ0n) is 16.2. The number of rotatable bonds is 7. The molecule has 1 rings (SSSR count). The van der Waals surface area contributed by atoms with E-state index < -0.39 is 5.41 Å². The van der Waals surface area contributed by atoms with E-state index in [-0.39, 0.29) is 17.1 Å². The third-order valence-corrected chi connectivity index (χ3v) is 4.18. The maximum atomic E-state index is 13.5. The summed E-state index contributed by atoms with van der Waals surface area (Å²) in [5, 5.41) is 9.28. The van der Waals surface area contributed by atoms with Crippen LogP contribution in [0.25, 0.3) is 0 Å². The number of benzene rings is 1. The lowest BCUT2D eigenvalue weighted by molar-refractivity contribution is -0.128. The topological polar surface area (TPSA) is 65.5 Å². The first kappa shape index (κ1) is 20.9. The summed E-state index contributed by atoms with van der Waals surface area (Å²) < 4.78 is 13.5. The van der Waals surface area contributed by atoms with E-state index in [4.69, 9.17) is 0 Å². The number of nitrogens with one attached hydrogen (secondary N) is 3. The summed E-state index contributed by atoms with van der Waals surface area (Å²) in [6.45, 7) is 11.4. The Bertz CT molecular complexity index is 611. The van der Waals surface area contributed by atoms with Gasteiger partial charge in [-0.15, -0.1) is 0 Å². The van der Waals surface area contributed by atoms with Gasteiger partial charge in [-0.05, 0) is 38.5 Å². The van der Waals surface area contributed by atoms with Crippen molar-refractivity contribution in [2.24, 2.45) is 10.4 Å². The third kappa shape index (κ3) is 6.36. The summed E-state index contributed by atoms with van der Waals surface area (Å²) in [4.78, 5) is 16.3. The summed E-state index contributed by atoms with van der Waals surface area (Å²) in [7, 11) is 1.68. The highest BCUT2D eigenvalue weighted by molar-refractivity contribution is 5.84. The molecule has 0 aliphatic heterocycles. The quantitative estimate of drug-likeness (QED) is 0.523. The van der Waals surface area contributed by atoms with Gasteiger partial charge in [-0.2, -0.15) is 0 Å². The Kier molecular flexibility index (Phi) is 7.39. The maximum absolute atomic E-state index is 13.5. The molecule has 0 fully saturated rings. The lowest BCUT2D eigenvalue weighted by Gasteiger charge is -2.28. The van der Waals surface area contributed by atoms with Crippen molar-refractivity contribution in [1.82, 2.24) is 16.0 Å². The number of hydrogen-bond donors (Lipinski definition) is 3. The Balaban J connectivity index is 2.63. The van der Waals surface area contributed by atoms with Crippen molar-refractivity contribution in [2.45, 2.75) is 40.0 Å². The van der Waals surface area contributed by atoms with Gasteiger partial charge in [0, 0.05) is 32.1 Å². The summed E-state index contributed by atoms with van der Waals surface area (Å²) in [5.41, 5.74) is 0.0960. The molecule has 0 aliphatic carbocycles. The van der Waals surface area contributed by atoms with E-state index in [1.807, 2.05) is 40.7 Å². The zero-order chi connectivity index (χ0) is 19.1. The molecule has 0 unspecified atom stereocenters. The molecule has 140 valence electrons. The second kappa shape index (κ2) is 8.83. The Morgan fingerprint density at radius 3 is 2.32 bits per heavy atom. The van der Waals surface area contributed by atoms with Crippen LogP contribution in [0, 0.1) is 11.2 Å². The molecule has 1 aromatic carbocycles. The molecule has 6 heteroatoms. The minimum Gasteiger partial charge on any atom is -0.356 e. The van der Waals surface area contributed by atoms with Crippen molar-refractivity contribution < 1.29 is 9.18 Å². The fourth-order valence-corrected chi connectivity index (χ4v) is 2.32. The molecule has 3 N–H and O–H groups in total. The van der Waals surface area contributed by atoms with Crippen molar-refractivity contribution in [1.29, 1.82) is 0 Å². The summed E-state index contributed by atoms with van der Waals surface area (Å²) in [6, 6.07) is 6.63. The van der Waals surface area contributed by atoms with Crippen LogP contribution in [0.3, 0.4) is 0 Å². The first-order valence-electron chi connectivity index (χ1n) is 8.61. The van der Waals surface area contributed by atoms with Gasteiger partial charge in [-0.25, -0.2) is 4.39 Å². The minimum absolute atomic E-state index is 0.00181. The second-order valence-corrected chi connectivity index (χ2v) is 7.42. The van der Waals surface area contributed by atoms with E-state index in [1.54, 1.807) is 19.2 Å². The average Bonchev–Trinajstić information content (AvgIpc) is 2.55. The van der Waals surface area contributed by atoms with Crippen molar-refractivity contribution >= 4 is 11.9 Å². The van der Waals surface area contributed by atoms with Crippen molar-refractivity contribution in [3.05, 3.63) is 35.6 Å². The Morgan fingerprint density at radius 1 is 1.12 bits per heavy atom. The molecule has 0 atom stereocenters. The number of amides is 1. The molecule has 5 nitrogen and oxygen atoms in total. The minimum atomic E-state index is -0.550. The van der Waals surface area contributed by atoms with E-state index in [2.05, 4.69) is 20.9 Å². The Hall–Kier alpha value is -2.11. The van der Waals surface area contributed by atoms with Crippen LogP contribution in [0.2, 0.25) is 0 Å². The van der Waals surface area contributed by atoms with Crippen LogP contribution >= 0.6 is 0 Å². The number of carbonyl (C=O) groups is 1. The molecule has 0 heterocycles. The van der Waals surface area contributed by atoms with E-state index in [0.717, 1.165) is 5.56 Å².